The SMILES string of the molecule is COc1cc(N2CCCS2(=O)=O)ccc1NC(=O)c1ccc(C(C)(C)C)cc1. The summed E-state index contributed by atoms with van der Waals surface area (Å²) in [6.07, 6.45) is 0.605. The summed E-state index contributed by atoms with van der Waals surface area (Å²) >= 11 is 0. The lowest BCUT2D eigenvalue weighted by Gasteiger charge is -2.20. The molecule has 1 saturated heterocycles. The summed E-state index contributed by atoms with van der Waals surface area (Å²) in [7, 11) is -1.78. The molecule has 28 heavy (non-hydrogen) atoms. The number of carbonyl (C=O) groups is 1. The highest BCUT2D eigenvalue weighted by atomic mass is 32.2. The maximum Gasteiger partial charge on any atom is 0.255 e. The summed E-state index contributed by atoms with van der Waals surface area (Å²) in [4.78, 5) is 12.6. The Balaban J connectivity index is 1.81. The van der Waals surface area contributed by atoms with Crippen molar-refractivity contribution in [3.8, 4) is 5.75 Å². The van der Waals surface area contributed by atoms with Crippen LogP contribution in [0.2, 0.25) is 0 Å². The minimum atomic E-state index is -3.27. The number of ether oxygens (including phenoxy) is 1. The molecule has 2 aromatic rings. The van der Waals surface area contributed by atoms with Gasteiger partial charge < -0.3 is 10.1 Å². The highest BCUT2D eigenvalue weighted by Gasteiger charge is 2.29. The molecule has 1 amide bonds. The van der Waals surface area contributed by atoms with Gasteiger partial charge >= 0.3 is 0 Å². The van der Waals surface area contributed by atoms with Crippen LogP contribution in [-0.2, 0) is 15.4 Å². The van der Waals surface area contributed by atoms with Crippen molar-refractivity contribution < 1.29 is 17.9 Å². The number of rotatable bonds is 4. The van der Waals surface area contributed by atoms with E-state index in [0.717, 1.165) is 5.56 Å². The first-order valence-corrected chi connectivity index (χ1v) is 10.8. The average molecular weight is 403 g/mol. The molecule has 1 fully saturated rings. The van der Waals surface area contributed by atoms with Gasteiger partial charge in [0, 0.05) is 18.2 Å². The molecule has 3 rings (SSSR count). The third kappa shape index (κ3) is 4.14. The Labute approximate surface area is 166 Å². The topological polar surface area (TPSA) is 75.7 Å². The number of nitrogens with zero attached hydrogens (tertiary/aromatic N) is 1. The third-order valence-electron chi connectivity index (χ3n) is 4.83. The lowest BCUT2D eigenvalue weighted by molar-refractivity contribution is 0.102. The van der Waals surface area contributed by atoms with Crippen molar-refractivity contribution in [2.45, 2.75) is 32.6 Å². The highest BCUT2D eigenvalue weighted by Crippen LogP contribution is 2.33. The predicted octanol–water partition coefficient (Wildman–Crippen LogP) is 3.78. The summed E-state index contributed by atoms with van der Waals surface area (Å²) in [5.41, 5.74) is 2.75. The maximum absolute atomic E-state index is 12.6. The maximum atomic E-state index is 12.6. The van der Waals surface area contributed by atoms with Crippen molar-refractivity contribution in [3.05, 3.63) is 53.6 Å². The number of nitrogens with one attached hydrogen (secondary N) is 1. The van der Waals surface area contributed by atoms with Gasteiger partial charge in [-0.05, 0) is 41.7 Å². The standard InChI is InChI=1S/C21H26N2O4S/c1-21(2,3)16-8-6-15(7-9-16)20(24)22-18-11-10-17(14-19(18)27-4)23-12-5-13-28(23,25)26/h6-11,14H,5,12-13H2,1-4H3,(H,22,24). The first kappa shape index (κ1) is 20.2. The van der Waals surface area contributed by atoms with Crippen molar-refractivity contribution in [2.75, 3.05) is 29.0 Å². The second kappa shape index (κ2) is 7.47. The monoisotopic (exact) mass is 402 g/mol. The van der Waals surface area contributed by atoms with Crippen LogP contribution in [0.5, 0.6) is 5.75 Å². The number of amides is 1. The Bertz CT molecular complexity index is 976. The molecular formula is C21H26N2O4S. The molecular weight excluding hydrogens is 376 g/mol. The van der Waals surface area contributed by atoms with Gasteiger partial charge in [-0.15, -0.1) is 0 Å². The zero-order valence-electron chi connectivity index (χ0n) is 16.7. The van der Waals surface area contributed by atoms with Crippen LogP contribution in [0.4, 0.5) is 11.4 Å². The van der Waals surface area contributed by atoms with Crippen LogP contribution in [0.15, 0.2) is 42.5 Å². The predicted molar refractivity (Wildman–Crippen MR) is 112 cm³/mol. The Kier molecular flexibility index (Phi) is 5.39. The fourth-order valence-corrected chi connectivity index (χ4v) is 4.74. The molecule has 1 aliphatic heterocycles. The van der Waals surface area contributed by atoms with Crippen LogP contribution in [0.3, 0.4) is 0 Å². The van der Waals surface area contributed by atoms with Crippen LogP contribution in [0.1, 0.15) is 43.1 Å². The van der Waals surface area contributed by atoms with Crippen LogP contribution < -0.4 is 14.4 Å². The van der Waals surface area contributed by atoms with E-state index in [1.807, 2.05) is 12.1 Å². The molecule has 0 atom stereocenters. The van der Waals surface area contributed by atoms with Crippen LogP contribution in [-0.4, -0.2) is 33.7 Å². The molecule has 0 aliphatic carbocycles. The zero-order chi connectivity index (χ0) is 20.5. The average Bonchev–Trinajstić information content (AvgIpc) is 3.00. The summed E-state index contributed by atoms with van der Waals surface area (Å²) in [5.74, 6) is 0.317. The fourth-order valence-electron chi connectivity index (χ4n) is 3.18. The number of anilines is 2. The van der Waals surface area contributed by atoms with E-state index in [0.29, 0.717) is 35.7 Å². The Morgan fingerprint density at radius 2 is 1.79 bits per heavy atom. The van der Waals surface area contributed by atoms with Crippen LogP contribution in [0.25, 0.3) is 0 Å². The summed E-state index contributed by atoms with van der Waals surface area (Å²) in [6.45, 7) is 6.82. The van der Waals surface area contributed by atoms with Crippen molar-refractivity contribution in [2.24, 2.45) is 0 Å². The van der Waals surface area contributed by atoms with E-state index in [-0.39, 0.29) is 17.1 Å². The first-order valence-electron chi connectivity index (χ1n) is 9.22. The van der Waals surface area contributed by atoms with Gasteiger partial charge in [-0.3, -0.25) is 9.10 Å². The molecule has 1 N–H and O–H groups in total. The van der Waals surface area contributed by atoms with Crippen molar-refractivity contribution >= 4 is 27.3 Å². The second-order valence-electron chi connectivity index (χ2n) is 7.91. The third-order valence-corrected chi connectivity index (χ3v) is 6.70. The molecule has 150 valence electrons. The van der Waals surface area contributed by atoms with Crippen LogP contribution in [0, 0.1) is 0 Å². The number of benzene rings is 2. The van der Waals surface area contributed by atoms with Gasteiger partial charge in [-0.1, -0.05) is 32.9 Å². The summed E-state index contributed by atoms with van der Waals surface area (Å²) in [5, 5.41) is 2.84. The molecule has 1 aliphatic rings. The van der Waals surface area contributed by atoms with E-state index >= 15 is 0 Å². The Morgan fingerprint density at radius 3 is 2.32 bits per heavy atom. The number of hydrogen-bond donors (Lipinski definition) is 1. The number of carbonyl (C=O) groups excluding carboxylic acids is 1. The normalized spacial score (nSPS) is 16.1. The van der Waals surface area contributed by atoms with E-state index < -0.39 is 10.0 Å². The van der Waals surface area contributed by atoms with E-state index in [9.17, 15) is 13.2 Å². The highest BCUT2D eigenvalue weighted by molar-refractivity contribution is 7.93. The van der Waals surface area contributed by atoms with Crippen molar-refractivity contribution in [3.63, 3.8) is 0 Å². The Hall–Kier alpha value is -2.54. The lowest BCUT2D eigenvalue weighted by Crippen LogP contribution is -2.25. The van der Waals surface area contributed by atoms with E-state index in [2.05, 4.69) is 26.1 Å². The smallest absolute Gasteiger partial charge is 0.255 e. The van der Waals surface area contributed by atoms with Gasteiger partial charge in [-0.2, -0.15) is 0 Å². The minimum Gasteiger partial charge on any atom is -0.494 e. The first-order chi connectivity index (χ1) is 13.1. The largest absolute Gasteiger partial charge is 0.494 e. The van der Waals surface area contributed by atoms with Gasteiger partial charge in [0.25, 0.3) is 5.91 Å². The van der Waals surface area contributed by atoms with E-state index in [1.54, 1.807) is 30.3 Å². The molecule has 0 unspecified atom stereocenters. The molecule has 0 spiro atoms. The summed E-state index contributed by atoms with van der Waals surface area (Å²) in [6, 6.07) is 12.5. The molecule has 6 nitrogen and oxygen atoms in total. The van der Waals surface area contributed by atoms with Crippen molar-refractivity contribution in [1.82, 2.24) is 0 Å². The number of hydrogen-bond acceptors (Lipinski definition) is 4. The van der Waals surface area contributed by atoms with E-state index in [4.69, 9.17) is 4.74 Å². The summed E-state index contributed by atoms with van der Waals surface area (Å²) < 4.78 is 31.0. The number of sulfonamides is 1. The lowest BCUT2D eigenvalue weighted by atomic mass is 9.87. The van der Waals surface area contributed by atoms with Crippen LogP contribution >= 0.6 is 0 Å². The van der Waals surface area contributed by atoms with Gasteiger partial charge in [-0.25, -0.2) is 8.42 Å². The van der Waals surface area contributed by atoms with E-state index in [1.165, 1.54) is 11.4 Å². The molecule has 2 aromatic carbocycles. The van der Waals surface area contributed by atoms with Crippen molar-refractivity contribution in [1.29, 1.82) is 0 Å². The zero-order valence-corrected chi connectivity index (χ0v) is 17.5. The molecule has 0 aromatic heterocycles. The van der Waals surface area contributed by atoms with Gasteiger partial charge in [0.2, 0.25) is 10.0 Å². The van der Waals surface area contributed by atoms with Gasteiger partial charge in [0.1, 0.15) is 5.75 Å². The minimum absolute atomic E-state index is 0.0178. The van der Waals surface area contributed by atoms with Gasteiger partial charge in [0.15, 0.2) is 0 Å². The molecule has 0 radical (unpaired) electrons. The molecule has 7 heteroatoms. The fraction of sp³-hybridized carbons (Fsp3) is 0.381. The Morgan fingerprint density at radius 1 is 1.11 bits per heavy atom. The molecule has 0 saturated carbocycles. The van der Waals surface area contributed by atoms with Gasteiger partial charge in [0.05, 0.1) is 24.2 Å². The second-order valence-corrected chi connectivity index (χ2v) is 9.92. The molecule has 1 heterocycles. The molecule has 0 bridgehead atoms. The quantitative estimate of drug-likeness (QED) is 0.844. The number of methoxy groups -OCH3 is 1.